The molecule has 1 unspecified atom stereocenters. The highest BCUT2D eigenvalue weighted by molar-refractivity contribution is 7.15. The Kier molecular flexibility index (Phi) is 2.88. The van der Waals surface area contributed by atoms with E-state index in [-0.39, 0.29) is 0 Å². The Labute approximate surface area is 74.9 Å². The van der Waals surface area contributed by atoms with E-state index < -0.39 is 0 Å². The minimum Gasteiger partial charge on any atom is -0.369 e. The Morgan fingerprint density at radius 1 is 1.67 bits per heavy atom. The number of imidazole rings is 1. The van der Waals surface area contributed by atoms with Crippen LogP contribution in [-0.2, 0) is 6.29 Å². The normalized spacial score (nSPS) is 11.2. The van der Waals surface area contributed by atoms with Crippen molar-refractivity contribution in [2.45, 2.75) is 20.1 Å². The van der Waals surface area contributed by atoms with Crippen molar-refractivity contribution in [3.63, 3.8) is 0 Å². The molecule has 12 heavy (non-hydrogen) atoms. The third-order valence-corrected chi connectivity index (χ3v) is 2.16. The Hall–Kier alpha value is -0.820. The average Bonchev–Trinajstić information content (AvgIpc) is 2.29. The highest BCUT2D eigenvalue weighted by Crippen LogP contribution is 2.15. The van der Waals surface area contributed by atoms with E-state index in [1.54, 1.807) is 0 Å². The maximum atomic E-state index is 5.69. The Morgan fingerprint density at radius 2 is 2.33 bits per heavy atom. The SMILES string of the molecule is C/C=C\c1nc(N)n(CP)c1C. The summed E-state index contributed by atoms with van der Waals surface area (Å²) in [6, 6.07) is 0. The number of anilines is 1. The molecule has 1 atom stereocenters. The second kappa shape index (κ2) is 3.72. The lowest BCUT2D eigenvalue weighted by atomic mass is 10.3. The molecule has 1 rings (SSSR count). The molecule has 0 aromatic carbocycles. The molecule has 1 aromatic rings. The van der Waals surface area contributed by atoms with Crippen LogP contribution in [0.5, 0.6) is 0 Å². The summed E-state index contributed by atoms with van der Waals surface area (Å²) in [5.74, 6) is 0.579. The van der Waals surface area contributed by atoms with E-state index in [4.69, 9.17) is 5.73 Å². The van der Waals surface area contributed by atoms with Gasteiger partial charge < -0.3 is 10.3 Å². The molecular formula is C8H14N3P. The van der Waals surface area contributed by atoms with Crippen LogP contribution in [0.4, 0.5) is 5.95 Å². The van der Waals surface area contributed by atoms with Crippen LogP contribution < -0.4 is 5.73 Å². The highest BCUT2D eigenvalue weighted by Gasteiger charge is 2.06. The fourth-order valence-electron chi connectivity index (χ4n) is 1.12. The van der Waals surface area contributed by atoms with Crippen LogP contribution in [0, 0.1) is 6.92 Å². The number of aromatic nitrogens is 2. The molecule has 3 nitrogen and oxygen atoms in total. The van der Waals surface area contributed by atoms with Crippen molar-refractivity contribution in [1.82, 2.24) is 9.55 Å². The van der Waals surface area contributed by atoms with E-state index >= 15 is 0 Å². The number of rotatable bonds is 2. The van der Waals surface area contributed by atoms with Gasteiger partial charge in [-0.3, -0.25) is 0 Å². The predicted octanol–water partition coefficient (Wildman–Crippen LogP) is 1.64. The molecule has 0 aliphatic rings. The van der Waals surface area contributed by atoms with E-state index in [0.29, 0.717) is 5.95 Å². The summed E-state index contributed by atoms with van der Waals surface area (Å²) in [6.45, 7) is 3.98. The van der Waals surface area contributed by atoms with Gasteiger partial charge >= 0.3 is 0 Å². The number of nitrogens with zero attached hydrogens (tertiary/aromatic N) is 2. The van der Waals surface area contributed by atoms with Crippen molar-refractivity contribution in [3.05, 3.63) is 17.5 Å². The standard InChI is InChI=1S/C8H14N3P/c1-3-4-7-6(2)11(5-12)8(9)10-7/h3-4H,5,12H2,1-2H3,(H2,9,10)/b4-3-. The molecule has 4 heteroatoms. The molecule has 2 N–H and O–H groups in total. The minimum atomic E-state index is 0.579. The van der Waals surface area contributed by atoms with E-state index in [9.17, 15) is 0 Å². The fourth-order valence-corrected chi connectivity index (χ4v) is 1.58. The lowest BCUT2D eigenvalue weighted by molar-refractivity contribution is 0.867. The lowest BCUT2D eigenvalue weighted by Crippen LogP contribution is -2.00. The molecule has 1 aromatic heterocycles. The van der Waals surface area contributed by atoms with Crippen LogP contribution in [0.15, 0.2) is 6.08 Å². The topological polar surface area (TPSA) is 43.8 Å². The molecule has 0 bridgehead atoms. The monoisotopic (exact) mass is 183 g/mol. The number of allylic oxidation sites excluding steroid dienone is 1. The van der Waals surface area contributed by atoms with E-state index in [1.165, 1.54) is 0 Å². The van der Waals surface area contributed by atoms with Crippen molar-refractivity contribution >= 4 is 21.3 Å². The number of hydrogen-bond acceptors (Lipinski definition) is 2. The van der Waals surface area contributed by atoms with Crippen molar-refractivity contribution in [2.75, 3.05) is 5.73 Å². The van der Waals surface area contributed by atoms with Gasteiger partial charge in [0.05, 0.1) is 5.69 Å². The largest absolute Gasteiger partial charge is 0.369 e. The predicted molar refractivity (Wildman–Crippen MR) is 55.8 cm³/mol. The minimum absolute atomic E-state index is 0.579. The number of nitrogen functional groups attached to an aromatic ring is 1. The van der Waals surface area contributed by atoms with Gasteiger partial charge in [-0.1, -0.05) is 6.08 Å². The summed E-state index contributed by atoms with van der Waals surface area (Å²) in [5, 5.41) is 0. The first-order valence-electron chi connectivity index (χ1n) is 3.86. The summed E-state index contributed by atoms with van der Waals surface area (Å²) in [7, 11) is 2.63. The van der Waals surface area contributed by atoms with Gasteiger partial charge in [0, 0.05) is 12.0 Å². The van der Waals surface area contributed by atoms with Gasteiger partial charge in [-0.25, -0.2) is 4.98 Å². The summed E-state index contributed by atoms with van der Waals surface area (Å²) in [6.07, 6.45) is 4.71. The first-order valence-corrected chi connectivity index (χ1v) is 4.67. The second-order valence-electron chi connectivity index (χ2n) is 2.55. The first-order chi connectivity index (χ1) is 5.70. The average molecular weight is 183 g/mol. The molecule has 0 amide bonds. The second-order valence-corrected chi connectivity index (χ2v) is 2.92. The maximum absolute atomic E-state index is 5.69. The third kappa shape index (κ3) is 1.51. The summed E-state index contributed by atoms with van der Waals surface area (Å²) in [5.41, 5.74) is 7.76. The molecule has 1 heterocycles. The van der Waals surface area contributed by atoms with Crippen LogP contribution in [-0.4, -0.2) is 9.55 Å². The van der Waals surface area contributed by atoms with Crippen LogP contribution in [0.25, 0.3) is 6.08 Å². The summed E-state index contributed by atoms with van der Waals surface area (Å²) < 4.78 is 1.96. The fraction of sp³-hybridized carbons (Fsp3) is 0.375. The van der Waals surface area contributed by atoms with Gasteiger partial charge in [0.15, 0.2) is 0 Å². The van der Waals surface area contributed by atoms with E-state index in [1.807, 2.05) is 30.6 Å². The first kappa shape index (κ1) is 9.27. The molecular weight excluding hydrogens is 169 g/mol. The van der Waals surface area contributed by atoms with Gasteiger partial charge in [-0.15, -0.1) is 9.24 Å². The molecule has 0 fully saturated rings. The Balaban J connectivity index is 3.17. The molecule has 0 saturated heterocycles. The molecule has 0 aliphatic carbocycles. The number of nitrogens with two attached hydrogens (primary N) is 1. The Bertz CT molecular complexity index is 301. The van der Waals surface area contributed by atoms with Crippen LogP contribution in [0.1, 0.15) is 18.3 Å². The lowest BCUT2D eigenvalue weighted by Gasteiger charge is -2.01. The summed E-state index contributed by atoms with van der Waals surface area (Å²) >= 11 is 0. The smallest absolute Gasteiger partial charge is 0.201 e. The highest BCUT2D eigenvalue weighted by atomic mass is 31.0. The van der Waals surface area contributed by atoms with Gasteiger partial charge in [0.2, 0.25) is 5.95 Å². The maximum Gasteiger partial charge on any atom is 0.201 e. The van der Waals surface area contributed by atoms with E-state index in [2.05, 4.69) is 14.2 Å². The number of hydrogen-bond donors (Lipinski definition) is 1. The quantitative estimate of drug-likeness (QED) is 0.708. The van der Waals surface area contributed by atoms with Crippen molar-refractivity contribution in [1.29, 1.82) is 0 Å². The van der Waals surface area contributed by atoms with Gasteiger partial charge in [0.25, 0.3) is 0 Å². The summed E-state index contributed by atoms with van der Waals surface area (Å²) in [4.78, 5) is 4.21. The molecule has 0 aliphatic heterocycles. The Morgan fingerprint density at radius 3 is 2.75 bits per heavy atom. The molecule has 0 spiro atoms. The zero-order chi connectivity index (χ0) is 9.14. The zero-order valence-corrected chi connectivity index (χ0v) is 8.57. The van der Waals surface area contributed by atoms with Crippen LogP contribution in [0.2, 0.25) is 0 Å². The van der Waals surface area contributed by atoms with Crippen molar-refractivity contribution < 1.29 is 0 Å². The van der Waals surface area contributed by atoms with E-state index in [0.717, 1.165) is 17.7 Å². The van der Waals surface area contributed by atoms with Gasteiger partial charge in [0.1, 0.15) is 0 Å². The van der Waals surface area contributed by atoms with Gasteiger partial charge in [-0.2, -0.15) is 0 Å². The zero-order valence-electron chi connectivity index (χ0n) is 7.41. The van der Waals surface area contributed by atoms with Gasteiger partial charge in [-0.05, 0) is 19.9 Å². The molecule has 0 radical (unpaired) electrons. The molecule has 66 valence electrons. The van der Waals surface area contributed by atoms with Crippen molar-refractivity contribution in [3.8, 4) is 0 Å². The molecule has 0 saturated carbocycles. The van der Waals surface area contributed by atoms with Crippen molar-refractivity contribution in [2.24, 2.45) is 0 Å². The van der Waals surface area contributed by atoms with Crippen LogP contribution in [0.3, 0.4) is 0 Å². The van der Waals surface area contributed by atoms with Crippen LogP contribution >= 0.6 is 9.24 Å². The third-order valence-electron chi connectivity index (χ3n) is 1.79.